The van der Waals surface area contributed by atoms with Crippen molar-refractivity contribution in [3.63, 3.8) is 0 Å². The quantitative estimate of drug-likeness (QED) is 0.558. The molecule has 0 bridgehead atoms. The standard InChI is InChI=1S/C21H21Br2N3O5S/c22-14-11-13(1-2-15(14)26-7-10-30-8-5-18(26)27)24-20(29)21(6-9-31-12-21)25-19(28)16-3-4-17(23)32-16/h1-4,11H,5-10,12H2,(H,24,29)(H,25,28). The molecule has 0 saturated carbocycles. The molecule has 2 saturated heterocycles. The van der Waals surface area contributed by atoms with Gasteiger partial charge < -0.3 is 25.0 Å². The summed E-state index contributed by atoms with van der Waals surface area (Å²) in [6.07, 6.45) is 0.701. The van der Waals surface area contributed by atoms with E-state index in [0.29, 0.717) is 59.9 Å². The van der Waals surface area contributed by atoms with E-state index in [-0.39, 0.29) is 24.3 Å². The van der Waals surface area contributed by atoms with E-state index in [2.05, 4.69) is 42.5 Å². The number of carbonyl (C=O) groups is 3. The van der Waals surface area contributed by atoms with E-state index in [1.807, 2.05) is 0 Å². The number of amides is 3. The second-order valence-corrected chi connectivity index (χ2v) is 10.8. The minimum Gasteiger partial charge on any atom is -0.379 e. The fraction of sp³-hybridized carbons (Fsp3) is 0.381. The Bertz CT molecular complexity index is 1040. The van der Waals surface area contributed by atoms with E-state index >= 15 is 0 Å². The van der Waals surface area contributed by atoms with E-state index in [1.54, 1.807) is 35.2 Å². The average molecular weight is 587 g/mol. The Kier molecular flexibility index (Phi) is 7.30. The summed E-state index contributed by atoms with van der Waals surface area (Å²) < 4.78 is 12.4. The van der Waals surface area contributed by atoms with Crippen molar-refractivity contribution < 1.29 is 23.9 Å². The Hall–Kier alpha value is -1.79. The zero-order chi connectivity index (χ0) is 22.7. The van der Waals surface area contributed by atoms with Gasteiger partial charge in [0.2, 0.25) is 5.91 Å². The first-order chi connectivity index (χ1) is 15.4. The fourth-order valence-electron chi connectivity index (χ4n) is 3.60. The number of rotatable bonds is 5. The normalized spacial score (nSPS) is 21.3. The summed E-state index contributed by atoms with van der Waals surface area (Å²) in [5, 5.41) is 5.75. The van der Waals surface area contributed by atoms with Crippen molar-refractivity contribution in [3.05, 3.63) is 43.5 Å². The molecule has 0 spiro atoms. The summed E-state index contributed by atoms with van der Waals surface area (Å²) in [5.74, 6) is -0.678. The highest BCUT2D eigenvalue weighted by Gasteiger charge is 2.44. The maximum absolute atomic E-state index is 13.2. The van der Waals surface area contributed by atoms with Gasteiger partial charge in [-0.2, -0.15) is 0 Å². The van der Waals surface area contributed by atoms with Gasteiger partial charge in [-0.05, 0) is 62.2 Å². The van der Waals surface area contributed by atoms with Crippen molar-refractivity contribution in [1.29, 1.82) is 0 Å². The number of carbonyl (C=O) groups excluding carboxylic acids is 3. The van der Waals surface area contributed by atoms with E-state index in [0.717, 1.165) is 3.79 Å². The highest BCUT2D eigenvalue weighted by Crippen LogP contribution is 2.31. The van der Waals surface area contributed by atoms with Gasteiger partial charge >= 0.3 is 0 Å². The molecule has 0 radical (unpaired) electrons. The molecular weight excluding hydrogens is 566 g/mol. The summed E-state index contributed by atoms with van der Waals surface area (Å²) in [7, 11) is 0. The molecule has 1 unspecified atom stereocenters. The van der Waals surface area contributed by atoms with Crippen LogP contribution < -0.4 is 15.5 Å². The van der Waals surface area contributed by atoms with E-state index < -0.39 is 5.54 Å². The Morgan fingerprint density at radius 1 is 1.09 bits per heavy atom. The molecule has 8 nitrogen and oxygen atoms in total. The molecule has 1 aromatic carbocycles. The van der Waals surface area contributed by atoms with Gasteiger partial charge in [-0.15, -0.1) is 11.3 Å². The molecule has 2 N–H and O–H groups in total. The summed E-state index contributed by atoms with van der Waals surface area (Å²) in [6, 6.07) is 8.75. The van der Waals surface area contributed by atoms with Crippen LogP contribution in [0.25, 0.3) is 0 Å². The van der Waals surface area contributed by atoms with Crippen molar-refractivity contribution in [2.24, 2.45) is 0 Å². The summed E-state index contributed by atoms with van der Waals surface area (Å²) >= 11 is 8.16. The Morgan fingerprint density at radius 2 is 1.94 bits per heavy atom. The molecule has 11 heteroatoms. The molecule has 2 aliphatic heterocycles. The number of hydrogen-bond donors (Lipinski definition) is 2. The van der Waals surface area contributed by atoms with E-state index in [4.69, 9.17) is 9.47 Å². The smallest absolute Gasteiger partial charge is 0.262 e. The Morgan fingerprint density at radius 3 is 2.62 bits per heavy atom. The molecule has 2 aromatic rings. The first kappa shape index (κ1) is 23.4. The molecule has 3 heterocycles. The molecule has 3 amide bonds. The first-order valence-corrected chi connectivity index (χ1v) is 12.4. The van der Waals surface area contributed by atoms with Crippen LogP contribution in [0.5, 0.6) is 0 Å². The van der Waals surface area contributed by atoms with Crippen LogP contribution in [-0.4, -0.2) is 56.2 Å². The zero-order valence-electron chi connectivity index (χ0n) is 17.0. The van der Waals surface area contributed by atoms with Crippen LogP contribution in [0.1, 0.15) is 22.5 Å². The van der Waals surface area contributed by atoms with Gasteiger partial charge in [0.15, 0.2) is 0 Å². The van der Waals surface area contributed by atoms with Crippen LogP contribution in [-0.2, 0) is 19.1 Å². The van der Waals surface area contributed by atoms with Crippen LogP contribution in [0.4, 0.5) is 11.4 Å². The molecule has 170 valence electrons. The van der Waals surface area contributed by atoms with Crippen molar-refractivity contribution in [2.75, 3.05) is 43.2 Å². The molecule has 1 aromatic heterocycles. The Labute approximate surface area is 205 Å². The van der Waals surface area contributed by atoms with Gasteiger partial charge in [-0.3, -0.25) is 14.4 Å². The number of halogens is 2. The second kappa shape index (κ2) is 10.0. The average Bonchev–Trinajstić information content (AvgIpc) is 3.36. The number of anilines is 2. The van der Waals surface area contributed by atoms with Gasteiger partial charge in [-0.25, -0.2) is 0 Å². The van der Waals surface area contributed by atoms with Gasteiger partial charge in [0.1, 0.15) is 5.54 Å². The van der Waals surface area contributed by atoms with Gasteiger partial charge in [0.05, 0.1) is 40.6 Å². The molecular formula is C21H21Br2N3O5S. The van der Waals surface area contributed by atoms with Gasteiger partial charge in [0.25, 0.3) is 11.8 Å². The summed E-state index contributed by atoms with van der Waals surface area (Å²) in [5.41, 5.74) is 0.106. The number of nitrogens with zero attached hydrogens (tertiary/aromatic N) is 1. The van der Waals surface area contributed by atoms with Crippen molar-refractivity contribution in [1.82, 2.24) is 5.32 Å². The zero-order valence-corrected chi connectivity index (χ0v) is 21.0. The van der Waals surface area contributed by atoms with Crippen LogP contribution in [0.15, 0.2) is 38.6 Å². The third-order valence-electron chi connectivity index (χ3n) is 5.32. The predicted octanol–water partition coefficient (Wildman–Crippen LogP) is 3.55. The monoisotopic (exact) mass is 585 g/mol. The summed E-state index contributed by atoms with van der Waals surface area (Å²) in [4.78, 5) is 40.4. The number of thiophene rings is 1. The Balaban J connectivity index is 1.49. The maximum atomic E-state index is 13.2. The molecule has 1 atom stereocenters. The highest BCUT2D eigenvalue weighted by atomic mass is 79.9. The highest BCUT2D eigenvalue weighted by molar-refractivity contribution is 9.11. The largest absolute Gasteiger partial charge is 0.379 e. The number of ether oxygens (including phenoxy) is 2. The molecule has 4 rings (SSSR count). The van der Waals surface area contributed by atoms with Crippen molar-refractivity contribution in [3.8, 4) is 0 Å². The SMILES string of the molecule is O=C(NC1(C(=O)Nc2ccc(N3CCOCCC3=O)c(Br)c2)CCOC1)c1ccc(Br)s1. The number of nitrogens with one attached hydrogen (secondary N) is 2. The fourth-order valence-corrected chi connectivity index (χ4v) is 5.47. The molecule has 32 heavy (non-hydrogen) atoms. The number of benzene rings is 1. The van der Waals surface area contributed by atoms with E-state index in [1.165, 1.54) is 11.3 Å². The lowest BCUT2D eigenvalue weighted by Gasteiger charge is -2.27. The second-order valence-electron chi connectivity index (χ2n) is 7.47. The van der Waals surface area contributed by atoms with Crippen LogP contribution in [0, 0.1) is 0 Å². The number of hydrogen-bond acceptors (Lipinski definition) is 6. The van der Waals surface area contributed by atoms with Crippen molar-refractivity contribution >= 4 is 72.3 Å². The third-order valence-corrected chi connectivity index (χ3v) is 7.58. The molecule has 2 aliphatic rings. The van der Waals surface area contributed by atoms with Gasteiger partial charge in [0, 0.05) is 29.7 Å². The predicted molar refractivity (Wildman–Crippen MR) is 128 cm³/mol. The van der Waals surface area contributed by atoms with Gasteiger partial charge in [-0.1, -0.05) is 0 Å². The van der Waals surface area contributed by atoms with Crippen molar-refractivity contribution in [2.45, 2.75) is 18.4 Å². The van der Waals surface area contributed by atoms with Crippen LogP contribution in [0.2, 0.25) is 0 Å². The molecule has 2 fully saturated rings. The maximum Gasteiger partial charge on any atom is 0.262 e. The lowest BCUT2D eigenvalue weighted by molar-refractivity contribution is -0.122. The van der Waals surface area contributed by atoms with Crippen LogP contribution in [0.3, 0.4) is 0 Å². The topological polar surface area (TPSA) is 97.0 Å². The molecule has 0 aliphatic carbocycles. The minimum atomic E-state index is -1.16. The third kappa shape index (κ3) is 5.07. The van der Waals surface area contributed by atoms with Crippen LogP contribution >= 0.6 is 43.2 Å². The lowest BCUT2D eigenvalue weighted by atomic mass is 9.97. The first-order valence-electron chi connectivity index (χ1n) is 10.0. The van der Waals surface area contributed by atoms with E-state index in [9.17, 15) is 14.4 Å². The lowest BCUT2D eigenvalue weighted by Crippen LogP contribution is -2.57. The minimum absolute atomic E-state index is 0.00929. The summed E-state index contributed by atoms with van der Waals surface area (Å²) in [6.45, 7) is 1.83.